The highest BCUT2D eigenvalue weighted by Crippen LogP contribution is 2.30. The Bertz CT molecular complexity index is 1210. The van der Waals surface area contributed by atoms with E-state index in [-0.39, 0.29) is 19.0 Å². The highest BCUT2D eigenvalue weighted by molar-refractivity contribution is 9.10. The molecule has 1 amide bonds. The van der Waals surface area contributed by atoms with Crippen molar-refractivity contribution in [2.45, 2.75) is 13.2 Å². The minimum absolute atomic E-state index is 0.112. The molecule has 1 aromatic heterocycles. The summed E-state index contributed by atoms with van der Waals surface area (Å²) in [5.74, 6) is 0.451. The minimum atomic E-state index is -0.561. The van der Waals surface area contributed by atoms with Gasteiger partial charge in [-0.05, 0) is 54.1 Å². The molecule has 0 aliphatic rings. The maximum absolute atomic E-state index is 13.4. The predicted molar refractivity (Wildman–Crippen MR) is 114 cm³/mol. The summed E-state index contributed by atoms with van der Waals surface area (Å²) in [6.07, 6.45) is 0. The number of nitrogens with zero attached hydrogens (tertiary/aromatic N) is 1. The molecule has 0 fully saturated rings. The molecule has 3 N–H and O–H groups in total. The van der Waals surface area contributed by atoms with Crippen LogP contribution >= 0.6 is 15.9 Å². The van der Waals surface area contributed by atoms with Crippen molar-refractivity contribution >= 4 is 32.9 Å². The monoisotopic (exact) mass is 469 g/mol. The molecule has 30 heavy (non-hydrogen) atoms. The van der Waals surface area contributed by atoms with Crippen molar-refractivity contribution in [1.82, 2.24) is 9.97 Å². The Morgan fingerprint density at radius 1 is 1.00 bits per heavy atom. The van der Waals surface area contributed by atoms with Crippen LogP contribution in [0.5, 0.6) is 11.5 Å². The summed E-state index contributed by atoms with van der Waals surface area (Å²) in [5, 5.41) is 0. The van der Waals surface area contributed by atoms with E-state index in [2.05, 4.69) is 25.9 Å². The molecule has 0 unspecified atom stereocenters. The summed E-state index contributed by atoms with van der Waals surface area (Å²) in [4.78, 5) is 19.0. The largest absolute Gasteiger partial charge is 0.485 e. The molecule has 0 aliphatic carbocycles. The van der Waals surface area contributed by atoms with Gasteiger partial charge >= 0.3 is 0 Å². The fraction of sp³-hybridized carbons (Fsp3) is 0.0909. The number of hydrogen-bond acceptors (Lipinski definition) is 4. The lowest BCUT2D eigenvalue weighted by molar-refractivity contribution is 0.0999. The average Bonchev–Trinajstić information content (AvgIpc) is 3.14. The highest BCUT2D eigenvalue weighted by atomic mass is 79.9. The van der Waals surface area contributed by atoms with Crippen molar-refractivity contribution in [3.63, 3.8) is 0 Å². The zero-order chi connectivity index (χ0) is 21.1. The van der Waals surface area contributed by atoms with Crippen molar-refractivity contribution in [3.05, 3.63) is 87.9 Å². The fourth-order valence-corrected chi connectivity index (χ4v) is 3.15. The molecular formula is C22H17BrFN3O3. The van der Waals surface area contributed by atoms with Crippen LogP contribution in [0.2, 0.25) is 0 Å². The highest BCUT2D eigenvalue weighted by Gasteiger charge is 2.12. The number of imidazole rings is 1. The van der Waals surface area contributed by atoms with E-state index >= 15 is 0 Å². The third-order valence-electron chi connectivity index (χ3n) is 4.39. The van der Waals surface area contributed by atoms with Crippen LogP contribution in [0.1, 0.15) is 21.7 Å². The first-order valence-corrected chi connectivity index (χ1v) is 9.85. The Labute approximate surface area is 180 Å². The lowest BCUT2D eigenvalue weighted by Gasteiger charge is -2.13. The number of carbonyl (C=O) groups is 1. The van der Waals surface area contributed by atoms with Gasteiger partial charge in [-0.15, -0.1) is 0 Å². The van der Waals surface area contributed by atoms with Gasteiger partial charge in [0.1, 0.15) is 24.9 Å². The third-order valence-corrected chi connectivity index (χ3v) is 4.92. The summed E-state index contributed by atoms with van der Waals surface area (Å²) in [6.45, 7) is 0.399. The first kappa shape index (κ1) is 19.9. The van der Waals surface area contributed by atoms with Crippen molar-refractivity contribution < 1.29 is 18.7 Å². The molecule has 0 spiro atoms. The van der Waals surface area contributed by atoms with Crippen molar-refractivity contribution in [1.29, 1.82) is 0 Å². The number of nitrogens with two attached hydrogens (primary N) is 1. The first-order valence-electron chi connectivity index (χ1n) is 9.06. The number of benzene rings is 3. The number of halogens is 2. The van der Waals surface area contributed by atoms with Gasteiger partial charge in [-0.2, -0.15) is 0 Å². The fourth-order valence-electron chi connectivity index (χ4n) is 2.88. The van der Waals surface area contributed by atoms with E-state index in [0.717, 1.165) is 10.0 Å². The van der Waals surface area contributed by atoms with E-state index in [1.807, 2.05) is 24.3 Å². The SMILES string of the molecule is NC(=O)c1ccc(OCc2nc3ccc(F)cc3[nH]2)c(OCc2ccc(Br)cc2)c1. The Balaban J connectivity index is 1.53. The Hall–Kier alpha value is -3.39. The zero-order valence-corrected chi connectivity index (χ0v) is 17.3. The molecule has 0 bridgehead atoms. The van der Waals surface area contributed by atoms with Crippen LogP contribution in [0.3, 0.4) is 0 Å². The molecule has 4 rings (SSSR count). The number of fused-ring (bicyclic) bond motifs is 1. The summed E-state index contributed by atoms with van der Waals surface area (Å²) >= 11 is 3.40. The number of rotatable bonds is 7. The van der Waals surface area contributed by atoms with Gasteiger partial charge in [-0.25, -0.2) is 9.37 Å². The van der Waals surface area contributed by atoms with E-state index in [1.165, 1.54) is 12.1 Å². The summed E-state index contributed by atoms with van der Waals surface area (Å²) in [7, 11) is 0. The number of ether oxygens (including phenoxy) is 2. The topological polar surface area (TPSA) is 90.2 Å². The van der Waals surface area contributed by atoms with Crippen molar-refractivity contribution in [3.8, 4) is 11.5 Å². The lowest BCUT2D eigenvalue weighted by Crippen LogP contribution is -2.11. The second kappa shape index (κ2) is 8.54. The van der Waals surface area contributed by atoms with Gasteiger partial charge in [0.2, 0.25) is 5.91 Å². The van der Waals surface area contributed by atoms with Crippen LogP contribution in [-0.4, -0.2) is 15.9 Å². The van der Waals surface area contributed by atoms with Crippen LogP contribution in [0, 0.1) is 5.82 Å². The summed E-state index contributed by atoms with van der Waals surface area (Å²) in [6, 6.07) is 16.7. The molecule has 8 heteroatoms. The standard InChI is InChI=1S/C22H17BrFN3O3/c23-15-4-1-13(2-5-15)11-29-20-9-14(22(25)28)3-8-19(20)30-12-21-26-17-7-6-16(24)10-18(17)27-21/h1-10H,11-12H2,(H2,25,28)(H,26,27). The second-order valence-corrected chi connectivity index (χ2v) is 7.49. The molecule has 3 aromatic carbocycles. The van der Waals surface area contributed by atoms with Gasteiger partial charge in [0, 0.05) is 10.0 Å². The second-order valence-electron chi connectivity index (χ2n) is 6.57. The van der Waals surface area contributed by atoms with Crippen LogP contribution in [-0.2, 0) is 13.2 Å². The van der Waals surface area contributed by atoms with E-state index < -0.39 is 5.91 Å². The van der Waals surface area contributed by atoms with Gasteiger partial charge in [-0.3, -0.25) is 4.79 Å². The normalized spacial score (nSPS) is 10.9. The molecule has 4 aromatic rings. The number of hydrogen-bond donors (Lipinski definition) is 2. The number of carbonyl (C=O) groups excluding carboxylic acids is 1. The maximum Gasteiger partial charge on any atom is 0.248 e. The van der Waals surface area contributed by atoms with Gasteiger partial charge in [0.15, 0.2) is 11.5 Å². The third kappa shape index (κ3) is 4.60. The smallest absolute Gasteiger partial charge is 0.248 e. The molecule has 0 saturated carbocycles. The summed E-state index contributed by atoms with van der Waals surface area (Å²) < 4.78 is 26.1. The molecule has 1 heterocycles. The molecule has 0 atom stereocenters. The number of amides is 1. The van der Waals surface area contributed by atoms with Crippen molar-refractivity contribution in [2.75, 3.05) is 0 Å². The Morgan fingerprint density at radius 3 is 2.53 bits per heavy atom. The van der Waals surface area contributed by atoms with Gasteiger partial charge in [-0.1, -0.05) is 28.1 Å². The van der Waals surface area contributed by atoms with Gasteiger partial charge in [0.25, 0.3) is 0 Å². The quantitative estimate of drug-likeness (QED) is 0.409. The molecule has 0 saturated heterocycles. The van der Waals surface area contributed by atoms with Gasteiger partial charge in [0.05, 0.1) is 11.0 Å². The Morgan fingerprint density at radius 2 is 1.77 bits per heavy atom. The molecule has 6 nitrogen and oxygen atoms in total. The first-order chi connectivity index (χ1) is 14.5. The van der Waals surface area contributed by atoms with E-state index in [9.17, 15) is 9.18 Å². The zero-order valence-electron chi connectivity index (χ0n) is 15.7. The van der Waals surface area contributed by atoms with Crippen molar-refractivity contribution in [2.24, 2.45) is 5.73 Å². The molecule has 0 radical (unpaired) electrons. The number of H-pyrrole nitrogens is 1. The Kier molecular flexibility index (Phi) is 5.67. The van der Waals surface area contributed by atoms with E-state index in [0.29, 0.717) is 33.9 Å². The van der Waals surface area contributed by atoms with Crippen LogP contribution in [0.4, 0.5) is 4.39 Å². The van der Waals surface area contributed by atoms with E-state index in [4.69, 9.17) is 15.2 Å². The minimum Gasteiger partial charge on any atom is -0.485 e. The average molecular weight is 470 g/mol. The van der Waals surface area contributed by atoms with Crippen LogP contribution in [0.15, 0.2) is 65.1 Å². The van der Waals surface area contributed by atoms with Crippen LogP contribution < -0.4 is 15.2 Å². The summed E-state index contributed by atoms with van der Waals surface area (Å²) in [5.41, 5.74) is 7.89. The molecule has 152 valence electrons. The van der Waals surface area contributed by atoms with E-state index in [1.54, 1.807) is 24.3 Å². The lowest BCUT2D eigenvalue weighted by atomic mass is 10.2. The predicted octanol–water partition coefficient (Wildman–Crippen LogP) is 4.72. The van der Waals surface area contributed by atoms with Gasteiger partial charge < -0.3 is 20.2 Å². The molecular weight excluding hydrogens is 453 g/mol. The van der Waals surface area contributed by atoms with Crippen LogP contribution in [0.25, 0.3) is 11.0 Å². The number of nitrogens with one attached hydrogen (secondary N) is 1. The number of aromatic nitrogens is 2. The number of primary amides is 1. The maximum atomic E-state index is 13.4. The molecule has 0 aliphatic heterocycles. The number of aromatic amines is 1.